The van der Waals surface area contributed by atoms with Crippen LogP contribution < -0.4 is 11.4 Å². The third kappa shape index (κ3) is 2.63. The Bertz CT molecular complexity index is 412. The summed E-state index contributed by atoms with van der Waals surface area (Å²) >= 11 is 0.278. The largest absolute Gasteiger partial charge is 0.385 e. The molecule has 0 saturated heterocycles. The van der Waals surface area contributed by atoms with Crippen molar-refractivity contribution in [3.05, 3.63) is 21.0 Å². The Morgan fingerprint density at radius 3 is 1.62 bits per heavy atom. The van der Waals surface area contributed by atoms with Gasteiger partial charge in [-0.05, 0) is 12.8 Å². The summed E-state index contributed by atoms with van der Waals surface area (Å²) in [5.41, 5.74) is -0.854. The molecule has 1 aromatic heterocycles. The van der Waals surface area contributed by atoms with Gasteiger partial charge in [0.15, 0.2) is 0 Å². The Kier molecular flexibility index (Phi) is 4.96. The van der Waals surface area contributed by atoms with E-state index in [9.17, 15) is 18.4 Å². The van der Waals surface area contributed by atoms with Gasteiger partial charge < -0.3 is 3.55 Å². The van der Waals surface area contributed by atoms with Crippen molar-refractivity contribution in [3.63, 3.8) is 0 Å². The molecular weight excluding hydrogens is 235 g/mol. The second-order valence-corrected chi connectivity index (χ2v) is 4.35. The van der Waals surface area contributed by atoms with Crippen LogP contribution in [0.3, 0.4) is 0 Å². The lowest BCUT2D eigenvalue weighted by molar-refractivity contribution is 0.359. The molecule has 16 heavy (non-hydrogen) atoms. The highest BCUT2D eigenvalue weighted by atomic mass is 27.1. The zero-order chi connectivity index (χ0) is 12.1. The summed E-state index contributed by atoms with van der Waals surface area (Å²) in [6, 6.07) is 0. The molecule has 0 N–H and O–H groups in total. The van der Waals surface area contributed by atoms with E-state index in [0.29, 0.717) is 0 Å². The number of rotatable bonds is 6. The van der Waals surface area contributed by atoms with Crippen molar-refractivity contribution in [1.29, 1.82) is 0 Å². The molecule has 0 aromatic carbocycles. The van der Waals surface area contributed by atoms with Gasteiger partial charge in [0.2, 0.25) is 0 Å². The molecule has 0 saturated carbocycles. The Hall–Kier alpha value is -0.868. The van der Waals surface area contributed by atoms with Gasteiger partial charge in [-0.1, -0.05) is 0 Å². The molecule has 1 aromatic rings. The summed E-state index contributed by atoms with van der Waals surface area (Å²) in [7, 11) is 0. The molecule has 0 aliphatic heterocycles. The van der Waals surface area contributed by atoms with E-state index in [4.69, 9.17) is 0 Å². The standard InChI is InChI=1S/C8H13F2N3O2.Al.2H/c9-3-1-5-12-7(14)11-8(15)13(12)6-2-4-10;;;/h1-6H2,(H,11,14,15);;;/q;+1;;/p-1. The number of hydrogen-bond acceptors (Lipinski definition) is 2. The average Bonchev–Trinajstić information content (AvgIpc) is 2.49. The van der Waals surface area contributed by atoms with Gasteiger partial charge in [0, 0.05) is 13.1 Å². The predicted molar refractivity (Wildman–Crippen MR) is 58.1 cm³/mol. The van der Waals surface area contributed by atoms with Crippen LogP contribution in [-0.4, -0.2) is 42.8 Å². The quantitative estimate of drug-likeness (QED) is 0.603. The SMILES string of the molecule is O=c1[n]([AlH2])c(=O)n(CCCF)n1CCCF. The average molecular weight is 249 g/mol. The van der Waals surface area contributed by atoms with Gasteiger partial charge in [-0.15, -0.1) is 0 Å². The van der Waals surface area contributed by atoms with Gasteiger partial charge in [-0.3, -0.25) is 8.78 Å². The van der Waals surface area contributed by atoms with E-state index in [1.165, 1.54) is 9.36 Å². The van der Waals surface area contributed by atoms with Crippen molar-refractivity contribution < 1.29 is 8.78 Å². The summed E-state index contributed by atoms with van der Waals surface area (Å²) in [6.45, 7) is -0.773. The number of hydrogen-bond donors (Lipinski definition) is 0. The first kappa shape index (κ1) is 13.2. The van der Waals surface area contributed by atoms with E-state index in [0.717, 1.165) is 3.55 Å². The maximum absolute atomic E-state index is 12.0. The zero-order valence-corrected chi connectivity index (χ0v) is 11.2. The summed E-state index contributed by atoms with van der Waals surface area (Å²) in [4.78, 5) is 23.2. The van der Waals surface area contributed by atoms with Crippen molar-refractivity contribution in [2.75, 3.05) is 13.3 Å². The van der Waals surface area contributed by atoms with Gasteiger partial charge in [-0.2, -0.15) is 0 Å². The number of alkyl halides is 2. The molecule has 0 spiro atoms. The van der Waals surface area contributed by atoms with Crippen molar-refractivity contribution in [2.24, 2.45) is 0 Å². The second kappa shape index (κ2) is 6.01. The lowest BCUT2D eigenvalue weighted by atomic mass is 10.4. The van der Waals surface area contributed by atoms with E-state index in [-0.39, 0.29) is 42.4 Å². The molecule has 0 unspecified atom stereocenters. The number of halogens is 2. The van der Waals surface area contributed by atoms with Crippen LogP contribution in [0.25, 0.3) is 0 Å². The highest BCUT2D eigenvalue weighted by molar-refractivity contribution is 6.06. The number of nitrogens with zero attached hydrogens (tertiary/aromatic N) is 3. The van der Waals surface area contributed by atoms with Crippen molar-refractivity contribution >= 4 is 16.5 Å². The predicted octanol–water partition coefficient (Wildman–Crippen LogP) is -1.07. The molecule has 1 rings (SSSR count). The highest BCUT2D eigenvalue weighted by Gasteiger charge is 2.11. The van der Waals surface area contributed by atoms with E-state index in [2.05, 4.69) is 0 Å². The first-order valence-corrected chi connectivity index (χ1v) is 6.01. The molecule has 5 nitrogen and oxygen atoms in total. The molecule has 90 valence electrons. The zero-order valence-electron chi connectivity index (χ0n) is 9.16. The third-order valence-electron chi connectivity index (χ3n) is 2.31. The van der Waals surface area contributed by atoms with Crippen LogP contribution in [0.2, 0.25) is 0 Å². The van der Waals surface area contributed by atoms with Crippen LogP contribution in [0, 0.1) is 0 Å². The van der Waals surface area contributed by atoms with Crippen LogP contribution >= 0.6 is 0 Å². The molecule has 0 atom stereocenters. The normalized spacial score (nSPS) is 10.9. The maximum Gasteiger partial charge on any atom is 0.385 e. The lowest BCUT2D eigenvalue weighted by Crippen LogP contribution is -2.27. The van der Waals surface area contributed by atoms with E-state index >= 15 is 0 Å². The second-order valence-electron chi connectivity index (χ2n) is 3.46. The van der Waals surface area contributed by atoms with Gasteiger partial charge >= 0.3 is 27.9 Å². The molecule has 0 amide bonds. The molecule has 0 fully saturated rings. The van der Waals surface area contributed by atoms with Crippen molar-refractivity contribution in [3.8, 4) is 0 Å². The fourth-order valence-electron chi connectivity index (χ4n) is 1.49. The minimum atomic E-state index is -0.546. The topological polar surface area (TPSA) is 48.9 Å². The van der Waals surface area contributed by atoms with Crippen molar-refractivity contribution in [2.45, 2.75) is 25.9 Å². The van der Waals surface area contributed by atoms with Crippen LogP contribution in [0.1, 0.15) is 12.8 Å². The van der Waals surface area contributed by atoms with Gasteiger partial charge in [-0.25, -0.2) is 19.0 Å². The summed E-state index contributed by atoms with van der Waals surface area (Å²) < 4.78 is 27.6. The summed E-state index contributed by atoms with van der Waals surface area (Å²) in [6.07, 6.45) is 0.362. The van der Waals surface area contributed by atoms with Gasteiger partial charge in [0.25, 0.3) is 0 Å². The third-order valence-corrected chi connectivity index (χ3v) is 3.08. The Morgan fingerprint density at radius 2 is 1.31 bits per heavy atom. The molecule has 0 radical (unpaired) electrons. The smallest absolute Gasteiger partial charge is 0.348 e. The minimum Gasteiger partial charge on any atom is -0.348 e. The van der Waals surface area contributed by atoms with Gasteiger partial charge in [0.1, 0.15) is 0 Å². The molecule has 0 bridgehead atoms. The van der Waals surface area contributed by atoms with Crippen LogP contribution in [0.5, 0.6) is 0 Å². The Labute approximate surface area is 98.9 Å². The Morgan fingerprint density at radius 1 is 0.938 bits per heavy atom. The maximum atomic E-state index is 12.0. The monoisotopic (exact) mass is 249 g/mol. The first-order chi connectivity index (χ1) is 7.63. The summed E-state index contributed by atoms with van der Waals surface area (Å²) in [5, 5.41) is 0. The number of aromatic nitrogens is 3. The van der Waals surface area contributed by atoms with E-state index in [1.54, 1.807) is 0 Å². The molecule has 1 heterocycles. The van der Waals surface area contributed by atoms with E-state index < -0.39 is 24.7 Å². The van der Waals surface area contributed by atoms with E-state index in [1.807, 2.05) is 0 Å². The van der Waals surface area contributed by atoms with Crippen LogP contribution in [0.4, 0.5) is 8.78 Å². The molecular formula is C8H14AlF2N3O2. The fraction of sp³-hybridized carbons (Fsp3) is 0.750. The molecule has 8 heteroatoms. The molecule has 0 aliphatic carbocycles. The fourth-order valence-corrected chi connectivity index (χ4v) is 1.95. The first-order valence-electron chi connectivity index (χ1n) is 5.12. The lowest BCUT2D eigenvalue weighted by Gasteiger charge is -2.07. The minimum absolute atomic E-state index is 0.159. The summed E-state index contributed by atoms with van der Waals surface area (Å²) in [5.74, 6) is 0. The van der Waals surface area contributed by atoms with Crippen molar-refractivity contribution in [1.82, 2.24) is 12.9 Å². The Balaban J connectivity index is 3.07. The highest BCUT2D eigenvalue weighted by Crippen LogP contribution is 1.91. The van der Waals surface area contributed by atoms with Crippen LogP contribution in [0.15, 0.2) is 9.59 Å². The molecule has 0 aliphatic rings. The van der Waals surface area contributed by atoms with Gasteiger partial charge in [0.05, 0.1) is 13.3 Å². The van der Waals surface area contributed by atoms with Crippen LogP contribution in [-0.2, 0) is 13.1 Å².